The van der Waals surface area contributed by atoms with Gasteiger partial charge in [0.2, 0.25) is 0 Å². The average molecular weight is 208 g/mol. The van der Waals surface area contributed by atoms with Crippen LogP contribution in [0.2, 0.25) is 5.02 Å². The number of halogens is 1. The summed E-state index contributed by atoms with van der Waals surface area (Å²) >= 11 is 6.11. The van der Waals surface area contributed by atoms with Crippen molar-refractivity contribution in [3.05, 3.63) is 40.8 Å². The van der Waals surface area contributed by atoms with E-state index in [0.717, 1.165) is 11.1 Å². The molecule has 0 aromatic carbocycles. The fourth-order valence-corrected chi connectivity index (χ4v) is 1.41. The van der Waals surface area contributed by atoms with E-state index in [1.165, 1.54) is 0 Å². The Bertz CT molecular complexity index is 462. The Morgan fingerprint density at radius 2 is 2.14 bits per heavy atom. The minimum Gasteiger partial charge on any atom is -0.236 e. The lowest BCUT2D eigenvalue weighted by Gasteiger charge is -2.04. The van der Waals surface area contributed by atoms with Gasteiger partial charge < -0.3 is 0 Å². The highest BCUT2D eigenvalue weighted by molar-refractivity contribution is 6.32. The summed E-state index contributed by atoms with van der Waals surface area (Å²) in [7, 11) is 0. The van der Waals surface area contributed by atoms with Crippen LogP contribution in [0.1, 0.15) is 11.1 Å². The highest BCUT2D eigenvalue weighted by Crippen LogP contribution is 2.21. The van der Waals surface area contributed by atoms with Gasteiger partial charge in [-0.2, -0.15) is 5.10 Å². The molecule has 0 aliphatic carbocycles. The van der Waals surface area contributed by atoms with Crippen LogP contribution in [0.3, 0.4) is 0 Å². The first-order valence-corrected chi connectivity index (χ1v) is 4.69. The minimum absolute atomic E-state index is 0.649. The first kappa shape index (κ1) is 9.21. The fourth-order valence-electron chi connectivity index (χ4n) is 1.21. The average Bonchev–Trinajstić information content (AvgIpc) is 2.57. The van der Waals surface area contributed by atoms with Crippen molar-refractivity contribution < 1.29 is 0 Å². The topological polar surface area (TPSA) is 30.7 Å². The van der Waals surface area contributed by atoms with E-state index in [9.17, 15) is 0 Å². The van der Waals surface area contributed by atoms with Crippen LogP contribution in [0.15, 0.2) is 24.7 Å². The monoisotopic (exact) mass is 207 g/mol. The number of hydrogen-bond donors (Lipinski definition) is 0. The van der Waals surface area contributed by atoms with Crippen LogP contribution in [-0.2, 0) is 0 Å². The first-order valence-electron chi connectivity index (χ1n) is 4.31. The summed E-state index contributed by atoms with van der Waals surface area (Å²) < 4.78 is 1.69. The summed E-state index contributed by atoms with van der Waals surface area (Å²) in [4.78, 5) is 4.19. The van der Waals surface area contributed by atoms with Gasteiger partial charge in [0.1, 0.15) is 0 Å². The van der Waals surface area contributed by atoms with Gasteiger partial charge in [-0.15, -0.1) is 0 Å². The molecule has 0 radical (unpaired) electrons. The third kappa shape index (κ3) is 1.51. The molecule has 4 heteroatoms. The molecular formula is C10H10ClN3. The predicted molar refractivity (Wildman–Crippen MR) is 55.8 cm³/mol. The lowest BCUT2D eigenvalue weighted by molar-refractivity contribution is 0.845. The third-order valence-electron chi connectivity index (χ3n) is 1.99. The van der Waals surface area contributed by atoms with Crippen LogP contribution >= 0.6 is 11.6 Å². The van der Waals surface area contributed by atoms with Crippen molar-refractivity contribution in [3.63, 3.8) is 0 Å². The lowest BCUT2D eigenvalue weighted by atomic mass is 10.3. The maximum absolute atomic E-state index is 6.11. The molecule has 0 amide bonds. The van der Waals surface area contributed by atoms with E-state index in [1.54, 1.807) is 17.1 Å². The Labute approximate surface area is 87.3 Å². The highest BCUT2D eigenvalue weighted by atomic mass is 35.5. The molecule has 2 rings (SSSR count). The maximum Gasteiger partial charge on any atom is 0.172 e. The molecular weight excluding hydrogens is 198 g/mol. The van der Waals surface area contributed by atoms with Crippen LogP contribution in [0.4, 0.5) is 0 Å². The van der Waals surface area contributed by atoms with Crippen molar-refractivity contribution in [3.8, 4) is 5.82 Å². The molecule has 0 saturated heterocycles. The van der Waals surface area contributed by atoms with E-state index in [-0.39, 0.29) is 0 Å². The molecule has 2 heterocycles. The maximum atomic E-state index is 6.11. The van der Waals surface area contributed by atoms with Gasteiger partial charge in [0.25, 0.3) is 0 Å². The van der Waals surface area contributed by atoms with Crippen molar-refractivity contribution >= 4 is 11.6 Å². The SMILES string of the molecule is Cc1cnn(-c2nccc(C)c2Cl)c1. The zero-order valence-electron chi connectivity index (χ0n) is 8.03. The largest absolute Gasteiger partial charge is 0.236 e. The molecule has 14 heavy (non-hydrogen) atoms. The molecule has 0 bridgehead atoms. The lowest BCUT2D eigenvalue weighted by Crippen LogP contribution is -1.99. The Kier molecular flexibility index (Phi) is 2.25. The quantitative estimate of drug-likeness (QED) is 0.720. The summed E-state index contributed by atoms with van der Waals surface area (Å²) in [6.45, 7) is 3.93. The first-order chi connectivity index (χ1) is 6.68. The van der Waals surface area contributed by atoms with Gasteiger partial charge in [0.15, 0.2) is 5.82 Å². The Morgan fingerprint density at radius 1 is 1.36 bits per heavy atom. The summed E-state index contributed by atoms with van der Waals surface area (Å²) in [6.07, 6.45) is 5.40. The van der Waals surface area contributed by atoms with Crippen molar-refractivity contribution in [1.29, 1.82) is 0 Å². The molecule has 72 valence electrons. The van der Waals surface area contributed by atoms with Crippen LogP contribution in [0, 0.1) is 13.8 Å². The normalized spacial score (nSPS) is 10.5. The second kappa shape index (κ2) is 3.42. The van der Waals surface area contributed by atoms with Crippen LogP contribution in [0.25, 0.3) is 5.82 Å². The number of aromatic nitrogens is 3. The third-order valence-corrected chi connectivity index (χ3v) is 2.46. The Balaban J connectivity index is 2.57. The van der Waals surface area contributed by atoms with Crippen LogP contribution < -0.4 is 0 Å². The van der Waals surface area contributed by atoms with E-state index in [2.05, 4.69) is 10.1 Å². The van der Waals surface area contributed by atoms with Crippen molar-refractivity contribution in [2.45, 2.75) is 13.8 Å². The summed E-state index contributed by atoms with van der Waals surface area (Å²) in [5.74, 6) is 0.680. The Hall–Kier alpha value is -1.35. The van der Waals surface area contributed by atoms with E-state index >= 15 is 0 Å². The second-order valence-corrected chi connectivity index (χ2v) is 3.61. The van der Waals surface area contributed by atoms with Gasteiger partial charge >= 0.3 is 0 Å². The van der Waals surface area contributed by atoms with Gasteiger partial charge in [-0.05, 0) is 31.0 Å². The molecule has 0 atom stereocenters. The molecule has 2 aromatic heterocycles. The fraction of sp³-hybridized carbons (Fsp3) is 0.200. The number of hydrogen-bond acceptors (Lipinski definition) is 2. The molecule has 3 nitrogen and oxygen atoms in total. The molecule has 0 fully saturated rings. The van der Waals surface area contributed by atoms with Crippen molar-refractivity contribution in [2.24, 2.45) is 0 Å². The molecule has 0 aliphatic rings. The van der Waals surface area contributed by atoms with Crippen molar-refractivity contribution in [2.75, 3.05) is 0 Å². The van der Waals surface area contributed by atoms with E-state index < -0.39 is 0 Å². The molecule has 0 spiro atoms. The van der Waals surface area contributed by atoms with E-state index in [0.29, 0.717) is 10.8 Å². The number of nitrogens with zero attached hydrogens (tertiary/aromatic N) is 3. The van der Waals surface area contributed by atoms with Crippen LogP contribution in [-0.4, -0.2) is 14.8 Å². The molecule has 2 aromatic rings. The second-order valence-electron chi connectivity index (χ2n) is 3.23. The van der Waals surface area contributed by atoms with E-state index in [1.807, 2.05) is 26.1 Å². The Morgan fingerprint density at radius 3 is 2.79 bits per heavy atom. The zero-order chi connectivity index (χ0) is 10.1. The van der Waals surface area contributed by atoms with Crippen LogP contribution in [0.5, 0.6) is 0 Å². The summed E-state index contributed by atoms with van der Waals surface area (Å²) in [6, 6.07) is 1.88. The smallest absolute Gasteiger partial charge is 0.172 e. The molecule has 0 N–H and O–H groups in total. The van der Waals surface area contributed by atoms with E-state index in [4.69, 9.17) is 11.6 Å². The molecule has 0 saturated carbocycles. The van der Waals surface area contributed by atoms with Crippen molar-refractivity contribution in [1.82, 2.24) is 14.8 Å². The highest BCUT2D eigenvalue weighted by Gasteiger charge is 2.06. The zero-order valence-corrected chi connectivity index (χ0v) is 8.78. The van der Waals surface area contributed by atoms with Gasteiger partial charge in [-0.1, -0.05) is 11.6 Å². The van der Waals surface area contributed by atoms with Gasteiger partial charge in [-0.25, -0.2) is 9.67 Å². The number of rotatable bonds is 1. The molecule has 0 unspecified atom stereocenters. The van der Waals surface area contributed by atoms with Gasteiger partial charge in [0, 0.05) is 12.4 Å². The van der Waals surface area contributed by atoms with Gasteiger partial charge in [0.05, 0.1) is 11.2 Å². The number of aryl methyl sites for hydroxylation is 2. The van der Waals surface area contributed by atoms with Gasteiger partial charge in [-0.3, -0.25) is 0 Å². The molecule has 0 aliphatic heterocycles. The standard InChI is InChI=1S/C10H10ClN3/c1-7-5-13-14(6-7)10-9(11)8(2)3-4-12-10/h3-6H,1-2H3. The number of pyridine rings is 1. The predicted octanol–water partition coefficient (Wildman–Crippen LogP) is 2.54. The minimum atomic E-state index is 0.649. The summed E-state index contributed by atoms with van der Waals surface area (Å²) in [5, 5.41) is 4.81. The summed E-state index contributed by atoms with van der Waals surface area (Å²) in [5.41, 5.74) is 2.09.